The molecule has 9 nitrogen and oxygen atoms in total. The van der Waals surface area contributed by atoms with Crippen molar-refractivity contribution in [1.29, 1.82) is 0 Å². The number of amides is 2. The van der Waals surface area contributed by atoms with E-state index in [1.54, 1.807) is 6.92 Å². The van der Waals surface area contributed by atoms with E-state index in [4.69, 9.17) is 10.8 Å². The number of non-ortho nitro benzene ring substituents is 1. The summed E-state index contributed by atoms with van der Waals surface area (Å²) in [5, 5.41) is 21.7. The number of nitrogens with one attached hydrogen (secondary N) is 1. The van der Waals surface area contributed by atoms with Gasteiger partial charge in [0.15, 0.2) is 0 Å². The zero-order valence-corrected chi connectivity index (χ0v) is 11.0. The summed E-state index contributed by atoms with van der Waals surface area (Å²) in [5.41, 5.74) is 4.99. The van der Waals surface area contributed by atoms with Crippen molar-refractivity contribution >= 4 is 23.5 Å². The zero-order valence-electron chi connectivity index (χ0n) is 11.0. The van der Waals surface area contributed by atoms with E-state index in [1.807, 2.05) is 0 Å². The van der Waals surface area contributed by atoms with Gasteiger partial charge in [0, 0.05) is 17.7 Å². The molecule has 0 aliphatic rings. The van der Waals surface area contributed by atoms with Crippen LogP contribution in [0.15, 0.2) is 18.2 Å². The number of carboxylic acid groups (broad SMARTS) is 1. The van der Waals surface area contributed by atoms with Gasteiger partial charge < -0.3 is 16.2 Å². The molecule has 0 saturated carbocycles. The third kappa shape index (κ3) is 4.27. The maximum Gasteiger partial charge on any atom is 0.326 e. The van der Waals surface area contributed by atoms with E-state index in [0.29, 0.717) is 5.56 Å². The Balaban J connectivity index is 3.02. The number of nitrogens with two attached hydrogens (primary N) is 1. The first-order valence-electron chi connectivity index (χ1n) is 5.79. The largest absolute Gasteiger partial charge is 0.480 e. The molecule has 0 spiro atoms. The van der Waals surface area contributed by atoms with E-state index >= 15 is 0 Å². The van der Waals surface area contributed by atoms with Gasteiger partial charge in [-0.15, -0.1) is 0 Å². The number of nitro groups is 1. The highest BCUT2D eigenvalue weighted by molar-refractivity contribution is 5.99. The molecule has 9 heteroatoms. The molecule has 1 aromatic rings. The normalized spacial score (nSPS) is 11.5. The summed E-state index contributed by atoms with van der Waals surface area (Å²) in [6.07, 6.45) is -0.574. The van der Waals surface area contributed by atoms with Crippen LogP contribution in [-0.2, 0) is 9.59 Å². The SMILES string of the molecule is Cc1ccc([N+](=O)[O-])cc1C(=O)N[C@H](CC(N)=O)C(=O)O. The van der Waals surface area contributed by atoms with Gasteiger partial charge in [-0.05, 0) is 12.5 Å². The fourth-order valence-corrected chi connectivity index (χ4v) is 1.61. The van der Waals surface area contributed by atoms with Gasteiger partial charge in [-0.2, -0.15) is 0 Å². The highest BCUT2D eigenvalue weighted by atomic mass is 16.6. The van der Waals surface area contributed by atoms with Crippen LogP contribution in [0.5, 0.6) is 0 Å². The lowest BCUT2D eigenvalue weighted by molar-refractivity contribution is -0.384. The minimum absolute atomic E-state index is 0.0417. The molecule has 0 fully saturated rings. The van der Waals surface area contributed by atoms with Gasteiger partial charge in [-0.1, -0.05) is 6.07 Å². The van der Waals surface area contributed by atoms with E-state index in [2.05, 4.69) is 5.32 Å². The third-order valence-corrected chi connectivity index (χ3v) is 2.69. The van der Waals surface area contributed by atoms with Crippen LogP contribution >= 0.6 is 0 Å². The summed E-state index contributed by atoms with van der Waals surface area (Å²) in [4.78, 5) is 43.7. The molecule has 0 bridgehead atoms. The first kappa shape index (κ1) is 16.1. The lowest BCUT2D eigenvalue weighted by Gasteiger charge is -2.13. The van der Waals surface area contributed by atoms with Crippen LogP contribution in [0.2, 0.25) is 0 Å². The topological polar surface area (TPSA) is 153 Å². The lowest BCUT2D eigenvalue weighted by Crippen LogP contribution is -2.43. The summed E-state index contributed by atoms with van der Waals surface area (Å²) in [5.74, 6) is -3.14. The second-order valence-electron chi connectivity index (χ2n) is 4.29. The number of aliphatic carboxylic acids is 1. The predicted molar refractivity (Wildman–Crippen MR) is 70.5 cm³/mol. The standard InChI is InChI=1S/C12H13N3O6/c1-6-2-3-7(15(20)21)4-8(6)11(17)14-9(12(18)19)5-10(13)16/h2-4,9H,5H2,1H3,(H2,13,16)(H,14,17)(H,18,19)/t9-/m1/s1. The molecule has 2 amide bonds. The maximum absolute atomic E-state index is 12.0. The predicted octanol–water partition coefficient (Wildman–Crippen LogP) is -0.0384. The maximum atomic E-state index is 12.0. The summed E-state index contributed by atoms with van der Waals surface area (Å²) < 4.78 is 0. The van der Waals surface area contributed by atoms with E-state index in [9.17, 15) is 24.5 Å². The average Bonchev–Trinajstić information content (AvgIpc) is 2.37. The molecule has 0 radical (unpaired) electrons. The van der Waals surface area contributed by atoms with Crippen LogP contribution in [-0.4, -0.2) is 33.9 Å². The second kappa shape index (κ2) is 6.46. The molecular weight excluding hydrogens is 282 g/mol. The second-order valence-corrected chi connectivity index (χ2v) is 4.29. The first-order valence-corrected chi connectivity index (χ1v) is 5.79. The van der Waals surface area contributed by atoms with Gasteiger partial charge in [0.25, 0.3) is 11.6 Å². The van der Waals surface area contributed by atoms with Crippen molar-refractivity contribution in [2.24, 2.45) is 5.73 Å². The molecule has 1 atom stereocenters. The van der Waals surface area contributed by atoms with Gasteiger partial charge in [-0.25, -0.2) is 4.79 Å². The molecule has 0 aliphatic carbocycles. The van der Waals surface area contributed by atoms with E-state index in [0.717, 1.165) is 6.07 Å². The van der Waals surface area contributed by atoms with Gasteiger partial charge in [0.05, 0.1) is 11.3 Å². The van der Waals surface area contributed by atoms with Gasteiger partial charge in [-0.3, -0.25) is 19.7 Å². The minimum atomic E-state index is -1.49. The summed E-state index contributed by atoms with van der Waals surface area (Å²) in [6, 6.07) is 2.14. The Morgan fingerprint density at radius 2 is 2.05 bits per heavy atom. The first-order chi connectivity index (χ1) is 9.72. The third-order valence-electron chi connectivity index (χ3n) is 2.69. The summed E-state index contributed by atoms with van der Waals surface area (Å²) in [7, 11) is 0. The molecular formula is C12H13N3O6. The van der Waals surface area contributed by atoms with E-state index in [1.165, 1.54) is 12.1 Å². The van der Waals surface area contributed by atoms with Crippen LogP contribution in [0, 0.1) is 17.0 Å². The number of carbonyl (C=O) groups is 3. The molecule has 1 rings (SSSR count). The van der Waals surface area contributed by atoms with Crippen LogP contribution in [0.1, 0.15) is 22.3 Å². The minimum Gasteiger partial charge on any atom is -0.480 e. The van der Waals surface area contributed by atoms with E-state index < -0.39 is 35.2 Å². The van der Waals surface area contributed by atoms with Crippen LogP contribution in [0.25, 0.3) is 0 Å². The lowest BCUT2D eigenvalue weighted by atomic mass is 10.1. The van der Waals surface area contributed by atoms with Crippen LogP contribution < -0.4 is 11.1 Å². The van der Waals surface area contributed by atoms with Crippen molar-refractivity contribution in [1.82, 2.24) is 5.32 Å². The number of nitro benzene ring substituents is 1. The Bertz CT molecular complexity index is 613. The molecule has 0 aromatic heterocycles. The average molecular weight is 295 g/mol. The molecule has 1 aromatic carbocycles. The smallest absolute Gasteiger partial charge is 0.326 e. The molecule has 0 unspecified atom stereocenters. The molecule has 0 aliphatic heterocycles. The van der Waals surface area contributed by atoms with Gasteiger partial charge in [0.2, 0.25) is 5.91 Å². The number of nitrogens with zero attached hydrogens (tertiary/aromatic N) is 1. The Morgan fingerprint density at radius 3 is 2.52 bits per heavy atom. The fourth-order valence-electron chi connectivity index (χ4n) is 1.61. The van der Waals surface area contributed by atoms with Crippen molar-refractivity contribution in [2.75, 3.05) is 0 Å². The number of carbonyl (C=O) groups excluding carboxylic acids is 2. The summed E-state index contributed by atoms with van der Waals surface area (Å²) >= 11 is 0. The number of rotatable bonds is 6. The Labute approximate surface area is 118 Å². The zero-order chi connectivity index (χ0) is 16.2. The van der Waals surface area contributed by atoms with Crippen molar-refractivity contribution in [3.8, 4) is 0 Å². The van der Waals surface area contributed by atoms with Gasteiger partial charge in [0.1, 0.15) is 6.04 Å². The van der Waals surface area contributed by atoms with Crippen molar-refractivity contribution in [3.63, 3.8) is 0 Å². The molecule has 4 N–H and O–H groups in total. The van der Waals surface area contributed by atoms with E-state index in [-0.39, 0.29) is 11.3 Å². The highest BCUT2D eigenvalue weighted by Crippen LogP contribution is 2.17. The number of carboxylic acids is 1. The Hall–Kier alpha value is -2.97. The Morgan fingerprint density at radius 1 is 1.43 bits per heavy atom. The monoisotopic (exact) mass is 295 g/mol. The molecule has 21 heavy (non-hydrogen) atoms. The van der Waals surface area contributed by atoms with Crippen molar-refractivity contribution in [3.05, 3.63) is 39.4 Å². The molecule has 0 heterocycles. The van der Waals surface area contributed by atoms with Crippen molar-refractivity contribution in [2.45, 2.75) is 19.4 Å². The fraction of sp³-hybridized carbons (Fsp3) is 0.250. The molecule has 112 valence electrons. The quantitative estimate of drug-likeness (QED) is 0.494. The number of aryl methyl sites for hydroxylation is 1. The number of hydrogen-bond acceptors (Lipinski definition) is 5. The number of hydrogen-bond donors (Lipinski definition) is 3. The Kier molecular flexibility index (Phi) is 4.95. The number of primary amides is 1. The van der Waals surface area contributed by atoms with Crippen LogP contribution in [0.4, 0.5) is 5.69 Å². The van der Waals surface area contributed by atoms with Crippen LogP contribution in [0.3, 0.4) is 0 Å². The number of benzene rings is 1. The molecule has 0 saturated heterocycles. The van der Waals surface area contributed by atoms with Crippen molar-refractivity contribution < 1.29 is 24.4 Å². The van der Waals surface area contributed by atoms with Gasteiger partial charge >= 0.3 is 5.97 Å². The summed E-state index contributed by atoms with van der Waals surface area (Å²) in [6.45, 7) is 1.54. The highest BCUT2D eigenvalue weighted by Gasteiger charge is 2.24.